The smallest absolute Gasteiger partial charge is 0.325 e. The second-order valence-corrected chi connectivity index (χ2v) is 11.7. The van der Waals surface area contributed by atoms with Crippen molar-refractivity contribution in [3.05, 3.63) is 52.8 Å². The first kappa shape index (κ1) is 22.8. The van der Waals surface area contributed by atoms with Crippen molar-refractivity contribution in [2.75, 3.05) is 19.6 Å². The summed E-state index contributed by atoms with van der Waals surface area (Å²) in [7, 11) is -5.75. The summed E-state index contributed by atoms with van der Waals surface area (Å²) in [5, 5.41) is 0. The van der Waals surface area contributed by atoms with Crippen LogP contribution in [0.3, 0.4) is 0 Å². The number of rotatable bonds is 5. The zero-order valence-corrected chi connectivity index (χ0v) is 19.2. The SMILES string of the molecule is COC(=O)Cn1c(=NC(=O)c2cccc(S(C)(=O)=O)c2)sc2cc(S(C)(=O)=O)ccc21. The summed E-state index contributed by atoms with van der Waals surface area (Å²) in [6, 6.07) is 9.83. The summed E-state index contributed by atoms with van der Waals surface area (Å²) in [6.07, 6.45) is 2.11. The van der Waals surface area contributed by atoms with E-state index >= 15 is 0 Å². The maximum absolute atomic E-state index is 12.7. The molecule has 9 nitrogen and oxygen atoms in total. The van der Waals surface area contributed by atoms with E-state index in [1.165, 1.54) is 54.1 Å². The van der Waals surface area contributed by atoms with Crippen molar-refractivity contribution in [1.82, 2.24) is 4.57 Å². The maximum Gasteiger partial charge on any atom is 0.325 e. The predicted molar refractivity (Wildman–Crippen MR) is 114 cm³/mol. The molecule has 1 heterocycles. The molecule has 0 unspecified atom stereocenters. The summed E-state index contributed by atoms with van der Waals surface area (Å²) in [6.45, 7) is -0.246. The molecule has 3 aromatic rings. The van der Waals surface area contributed by atoms with E-state index in [2.05, 4.69) is 4.99 Å². The quantitative estimate of drug-likeness (QED) is 0.503. The van der Waals surface area contributed by atoms with Crippen molar-refractivity contribution >= 4 is 53.1 Å². The monoisotopic (exact) mass is 482 g/mol. The fraction of sp³-hybridized carbons (Fsp3) is 0.211. The van der Waals surface area contributed by atoms with Gasteiger partial charge in [-0.25, -0.2) is 16.8 Å². The number of esters is 1. The molecule has 0 saturated heterocycles. The lowest BCUT2D eigenvalue weighted by Crippen LogP contribution is -2.22. The van der Waals surface area contributed by atoms with E-state index in [9.17, 15) is 26.4 Å². The van der Waals surface area contributed by atoms with E-state index < -0.39 is 31.6 Å². The first-order chi connectivity index (χ1) is 14.4. The Morgan fingerprint density at radius 1 is 1.00 bits per heavy atom. The van der Waals surface area contributed by atoms with Crippen LogP contribution in [0.2, 0.25) is 0 Å². The van der Waals surface area contributed by atoms with Crippen molar-refractivity contribution in [3.8, 4) is 0 Å². The fourth-order valence-corrected chi connectivity index (χ4v) is 5.18. The number of amides is 1. The summed E-state index contributed by atoms with van der Waals surface area (Å²) in [5.74, 6) is -1.29. The third kappa shape index (κ3) is 5.09. The fourth-order valence-electron chi connectivity index (χ4n) is 2.73. The van der Waals surface area contributed by atoms with Crippen molar-refractivity contribution < 1.29 is 31.2 Å². The van der Waals surface area contributed by atoms with Crippen LogP contribution in [0.15, 0.2) is 57.2 Å². The molecule has 1 aromatic heterocycles. The highest BCUT2D eigenvalue weighted by molar-refractivity contribution is 7.91. The van der Waals surface area contributed by atoms with Gasteiger partial charge in [0.2, 0.25) is 0 Å². The molecular weight excluding hydrogens is 464 g/mol. The van der Waals surface area contributed by atoms with Crippen LogP contribution in [0.5, 0.6) is 0 Å². The van der Waals surface area contributed by atoms with Gasteiger partial charge in [-0.15, -0.1) is 0 Å². The topological polar surface area (TPSA) is 129 Å². The van der Waals surface area contributed by atoms with Gasteiger partial charge >= 0.3 is 5.97 Å². The average molecular weight is 483 g/mol. The first-order valence-electron chi connectivity index (χ1n) is 8.69. The van der Waals surface area contributed by atoms with E-state index in [-0.39, 0.29) is 26.7 Å². The second kappa shape index (κ2) is 8.36. The number of nitrogens with zero attached hydrogens (tertiary/aromatic N) is 2. The molecule has 0 bridgehead atoms. The summed E-state index contributed by atoms with van der Waals surface area (Å²) < 4.78 is 53.9. The second-order valence-electron chi connectivity index (χ2n) is 6.67. The third-order valence-electron chi connectivity index (χ3n) is 4.30. The Hall–Kier alpha value is -2.83. The molecule has 0 fully saturated rings. The van der Waals surface area contributed by atoms with E-state index in [0.717, 1.165) is 23.8 Å². The van der Waals surface area contributed by atoms with Gasteiger partial charge in [-0.2, -0.15) is 4.99 Å². The van der Waals surface area contributed by atoms with Gasteiger partial charge in [0, 0.05) is 18.1 Å². The highest BCUT2D eigenvalue weighted by atomic mass is 32.2. The van der Waals surface area contributed by atoms with Gasteiger partial charge in [0.05, 0.1) is 27.1 Å². The molecule has 1 amide bonds. The van der Waals surface area contributed by atoms with Crippen LogP contribution in [0, 0.1) is 0 Å². The van der Waals surface area contributed by atoms with Crippen LogP contribution in [0.25, 0.3) is 10.2 Å². The zero-order valence-electron chi connectivity index (χ0n) is 16.7. The Balaban J connectivity index is 2.19. The molecule has 164 valence electrons. The summed E-state index contributed by atoms with van der Waals surface area (Å²) in [5.41, 5.74) is 0.557. The van der Waals surface area contributed by atoms with Crippen molar-refractivity contribution in [2.24, 2.45) is 4.99 Å². The maximum atomic E-state index is 12.7. The van der Waals surface area contributed by atoms with Crippen molar-refractivity contribution in [2.45, 2.75) is 16.3 Å². The van der Waals surface area contributed by atoms with Gasteiger partial charge in [-0.3, -0.25) is 9.59 Å². The molecule has 0 aliphatic carbocycles. The molecular formula is C19H18N2O7S3. The lowest BCUT2D eigenvalue weighted by Gasteiger charge is -2.04. The van der Waals surface area contributed by atoms with Crippen molar-refractivity contribution in [1.29, 1.82) is 0 Å². The zero-order chi connectivity index (χ0) is 23.0. The Morgan fingerprint density at radius 3 is 2.26 bits per heavy atom. The number of hydrogen-bond donors (Lipinski definition) is 0. The minimum atomic E-state index is -3.51. The molecule has 0 spiro atoms. The number of ether oxygens (including phenoxy) is 1. The van der Waals surface area contributed by atoms with E-state index in [1.54, 1.807) is 0 Å². The highest BCUT2D eigenvalue weighted by Crippen LogP contribution is 2.22. The molecule has 31 heavy (non-hydrogen) atoms. The van der Waals surface area contributed by atoms with Gasteiger partial charge in [0.25, 0.3) is 5.91 Å². The number of aromatic nitrogens is 1. The lowest BCUT2D eigenvalue weighted by atomic mass is 10.2. The molecule has 0 radical (unpaired) electrons. The number of hydrogen-bond acceptors (Lipinski definition) is 8. The van der Waals surface area contributed by atoms with Crippen LogP contribution in [-0.4, -0.2) is 52.9 Å². The molecule has 0 N–H and O–H groups in total. The van der Waals surface area contributed by atoms with Crippen LogP contribution in [-0.2, 0) is 35.8 Å². The van der Waals surface area contributed by atoms with Gasteiger partial charge in [0.15, 0.2) is 24.5 Å². The van der Waals surface area contributed by atoms with Crippen LogP contribution in [0.1, 0.15) is 10.4 Å². The van der Waals surface area contributed by atoms with Crippen LogP contribution >= 0.6 is 11.3 Å². The molecule has 12 heteroatoms. The van der Waals surface area contributed by atoms with Crippen molar-refractivity contribution in [3.63, 3.8) is 0 Å². The number of sulfone groups is 2. The number of carbonyl (C=O) groups is 2. The minimum Gasteiger partial charge on any atom is -0.468 e. The third-order valence-corrected chi connectivity index (χ3v) is 7.57. The molecule has 3 rings (SSSR count). The first-order valence-corrected chi connectivity index (χ1v) is 13.3. The molecule has 0 saturated carbocycles. The number of thiazole rings is 1. The Labute approximate surface area is 182 Å². The lowest BCUT2D eigenvalue weighted by molar-refractivity contribution is -0.141. The molecule has 0 aliphatic rings. The summed E-state index contributed by atoms with van der Waals surface area (Å²) in [4.78, 5) is 28.9. The number of fused-ring (bicyclic) bond motifs is 1. The van der Waals surface area contributed by atoms with Crippen LogP contribution < -0.4 is 4.80 Å². The Kier molecular flexibility index (Phi) is 6.16. The largest absolute Gasteiger partial charge is 0.468 e. The number of methoxy groups -OCH3 is 1. The number of benzene rings is 2. The normalized spacial score (nSPS) is 12.8. The standard InChI is InChI=1S/C19H18N2O7S3/c1-28-17(22)11-21-15-8-7-14(31(3,26)27)10-16(15)29-19(21)20-18(23)12-5-4-6-13(9-12)30(2,24)25/h4-10H,11H2,1-3H3. The average Bonchev–Trinajstić information content (AvgIpc) is 3.02. The molecule has 2 aromatic carbocycles. The summed E-state index contributed by atoms with van der Waals surface area (Å²) >= 11 is 1.02. The van der Waals surface area contributed by atoms with Gasteiger partial charge in [-0.05, 0) is 36.4 Å². The Morgan fingerprint density at radius 2 is 1.65 bits per heavy atom. The molecule has 0 aliphatic heterocycles. The molecule has 0 atom stereocenters. The van der Waals surface area contributed by atoms with E-state index in [4.69, 9.17) is 4.74 Å². The highest BCUT2D eigenvalue weighted by Gasteiger charge is 2.16. The van der Waals surface area contributed by atoms with Gasteiger partial charge in [0.1, 0.15) is 6.54 Å². The van der Waals surface area contributed by atoms with E-state index in [1.807, 2.05) is 0 Å². The van der Waals surface area contributed by atoms with Gasteiger partial charge < -0.3 is 9.30 Å². The van der Waals surface area contributed by atoms with E-state index in [0.29, 0.717) is 10.2 Å². The predicted octanol–water partition coefficient (Wildman–Crippen LogP) is 1.42. The number of carbonyl (C=O) groups excluding carboxylic acids is 2. The van der Waals surface area contributed by atoms with Crippen LogP contribution in [0.4, 0.5) is 0 Å². The van der Waals surface area contributed by atoms with Gasteiger partial charge in [-0.1, -0.05) is 17.4 Å². The minimum absolute atomic E-state index is 0.0230. The Bertz CT molecular complexity index is 1480.